The fraction of sp³-hybridized carbons (Fsp3) is 0.143. The zero-order valence-corrected chi connectivity index (χ0v) is 11.6. The largest absolute Gasteiger partial charge is 0.320 e. The van der Waals surface area contributed by atoms with Gasteiger partial charge < -0.3 is 5.73 Å². The van der Waals surface area contributed by atoms with E-state index in [-0.39, 0.29) is 11.1 Å². The van der Waals surface area contributed by atoms with Crippen molar-refractivity contribution in [3.8, 4) is 0 Å². The predicted molar refractivity (Wildman–Crippen MR) is 71.2 cm³/mol. The summed E-state index contributed by atoms with van der Waals surface area (Å²) in [7, 11) is 0. The van der Waals surface area contributed by atoms with E-state index in [9.17, 15) is 13.2 Å². The van der Waals surface area contributed by atoms with Gasteiger partial charge in [-0.25, -0.2) is 13.2 Å². The molecule has 0 aliphatic heterocycles. The Morgan fingerprint density at radius 1 is 1.00 bits per heavy atom. The Labute approximate surface area is 117 Å². The first kappa shape index (κ1) is 14.1. The van der Waals surface area contributed by atoms with Crippen molar-refractivity contribution < 1.29 is 13.2 Å². The van der Waals surface area contributed by atoms with Crippen molar-refractivity contribution in [2.45, 2.75) is 13.0 Å². The van der Waals surface area contributed by atoms with Crippen molar-refractivity contribution in [2.24, 2.45) is 5.73 Å². The van der Waals surface area contributed by atoms with Crippen molar-refractivity contribution in [3.63, 3.8) is 0 Å². The van der Waals surface area contributed by atoms with Crippen molar-refractivity contribution in [1.29, 1.82) is 0 Å². The van der Waals surface area contributed by atoms with E-state index in [1.165, 1.54) is 19.1 Å². The number of benzene rings is 2. The van der Waals surface area contributed by atoms with Crippen molar-refractivity contribution in [2.75, 3.05) is 0 Å². The molecule has 0 spiro atoms. The van der Waals surface area contributed by atoms with Crippen LogP contribution in [0, 0.1) is 24.4 Å². The molecule has 0 aliphatic rings. The number of hydrogen-bond donors (Lipinski definition) is 1. The Morgan fingerprint density at radius 2 is 1.68 bits per heavy atom. The molecule has 0 aromatic heterocycles. The van der Waals surface area contributed by atoms with Gasteiger partial charge in [-0.2, -0.15) is 0 Å². The molecule has 2 aromatic carbocycles. The fourth-order valence-corrected chi connectivity index (χ4v) is 2.03. The van der Waals surface area contributed by atoms with Crippen LogP contribution in [-0.4, -0.2) is 0 Å². The molecule has 0 fully saturated rings. The van der Waals surface area contributed by atoms with Gasteiger partial charge >= 0.3 is 0 Å². The summed E-state index contributed by atoms with van der Waals surface area (Å²) in [4.78, 5) is 0. The van der Waals surface area contributed by atoms with Crippen LogP contribution in [0.3, 0.4) is 0 Å². The molecule has 5 heteroatoms. The monoisotopic (exact) mass is 329 g/mol. The molecule has 2 aromatic rings. The second-order valence-electron chi connectivity index (χ2n) is 4.27. The van der Waals surface area contributed by atoms with Crippen LogP contribution in [0.1, 0.15) is 22.7 Å². The third-order valence-corrected chi connectivity index (χ3v) is 3.56. The van der Waals surface area contributed by atoms with E-state index in [0.717, 1.165) is 12.1 Å². The minimum Gasteiger partial charge on any atom is -0.320 e. The molecular formula is C14H11BrF3N. The second kappa shape index (κ2) is 5.35. The molecule has 2 rings (SSSR count). The van der Waals surface area contributed by atoms with E-state index in [1.54, 1.807) is 6.07 Å². The van der Waals surface area contributed by atoms with Crippen molar-refractivity contribution in [1.82, 2.24) is 0 Å². The second-order valence-corrected chi connectivity index (χ2v) is 5.13. The summed E-state index contributed by atoms with van der Waals surface area (Å²) in [6.45, 7) is 1.47. The molecular weight excluding hydrogens is 319 g/mol. The standard InChI is InChI=1S/C14H11BrF3N/c1-7-4-12(17)9(6-11(7)16)14(19)8-2-3-10(15)13(18)5-8/h2-6,14H,19H2,1H3. The minimum absolute atomic E-state index is 0.00447. The van der Waals surface area contributed by atoms with E-state index in [0.29, 0.717) is 10.0 Å². The van der Waals surface area contributed by atoms with Gasteiger partial charge in [0.25, 0.3) is 0 Å². The molecule has 0 bridgehead atoms. The van der Waals surface area contributed by atoms with E-state index in [2.05, 4.69) is 15.9 Å². The van der Waals surface area contributed by atoms with Gasteiger partial charge in [-0.1, -0.05) is 6.07 Å². The summed E-state index contributed by atoms with van der Waals surface area (Å²) in [6, 6.07) is 5.46. The summed E-state index contributed by atoms with van der Waals surface area (Å²) in [5.74, 6) is -1.64. The highest BCUT2D eigenvalue weighted by molar-refractivity contribution is 9.10. The van der Waals surface area contributed by atoms with E-state index >= 15 is 0 Å². The van der Waals surface area contributed by atoms with Crippen LogP contribution in [0.5, 0.6) is 0 Å². The third-order valence-electron chi connectivity index (χ3n) is 2.92. The molecule has 1 nitrogen and oxygen atoms in total. The summed E-state index contributed by atoms with van der Waals surface area (Å²) in [5, 5.41) is 0. The fourth-order valence-electron chi connectivity index (χ4n) is 1.79. The number of halogens is 4. The van der Waals surface area contributed by atoms with Gasteiger partial charge in [0.15, 0.2) is 0 Å². The molecule has 0 saturated carbocycles. The summed E-state index contributed by atoms with van der Waals surface area (Å²) >= 11 is 3.02. The molecule has 0 aliphatic carbocycles. The van der Waals surface area contributed by atoms with Gasteiger partial charge in [0.1, 0.15) is 17.5 Å². The molecule has 1 atom stereocenters. The van der Waals surface area contributed by atoms with Gasteiger partial charge in [0, 0.05) is 5.56 Å². The van der Waals surface area contributed by atoms with Crippen molar-refractivity contribution in [3.05, 3.63) is 68.9 Å². The lowest BCUT2D eigenvalue weighted by Gasteiger charge is -2.15. The average Bonchev–Trinajstić information content (AvgIpc) is 2.36. The van der Waals surface area contributed by atoms with Gasteiger partial charge in [-0.05, 0) is 58.2 Å². The number of aryl methyl sites for hydroxylation is 1. The zero-order valence-electron chi connectivity index (χ0n) is 10.1. The Morgan fingerprint density at radius 3 is 2.32 bits per heavy atom. The van der Waals surface area contributed by atoms with Crippen LogP contribution < -0.4 is 5.73 Å². The number of rotatable bonds is 2. The van der Waals surface area contributed by atoms with E-state index < -0.39 is 23.5 Å². The smallest absolute Gasteiger partial charge is 0.137 e. The van der Waals surface area contributed by atoms with Crippen LogP contribution in [-0.2, 0) is 0 Å². The highest BCUT2D eigenvalue weighted by Crippen LogP contribution is 2.27. The topological polar surface area (TPSA) is 26.0 Å². The van der Waals surface area contributed by atoms with Crippen LogP contribution in [0.15, 0.2) is 34.8 Å². The highest BCUT2D eigenvalue weighted by Gasteiger charge is 2.17. The lowest BCUT2D eigenvalue weighted by Crippen LogP contribution is -2.14. The molecule has 0 amide bonds. The lowest BCUT2D eigenvalue weighted by molar-refractivity contribution is 0.569. The molecule has 100 valence electrons. The first-order valence-electron chi connectivity index (χ1n) is 5.56. The summed E-state index contributed by atoms with van der Waals surface area (Å²) in [5.41, 5.74) is 6.45. The zero-order chi connectivity index (χ0) is 14.2. The lowest BCUT2D eigenvalue weighted by atomic mass is 9.98. The van der Waals surface area contributed by atoms with Crippen molar-refractivity contribution >= 4 is 15.9 Å². The average molecular weight is 330 g/mol. The molecule has 2 N–H and O–H groups in total. The first-order chi connectivity index (χ1) is 8.90. The molecule has 0 saturated heterocycles. The van der Waals surface area contributed by atoms with Gasteiger partial charge in [0.05, 0.1) is 10.5 Å². The van der Waals surface area contributed by atoms with Gasteiger partial charge in [-0.15, -0.1) is 0 Å². The van der Waals surface area contributed by atoms with Gasteiger partial charge in [-0.3, -0.25) is 0 Å². The van der Waals surface area contributed by atoms with Crippen LogP contribution in [0.4, 0.5) is 13.2 Å². The quantitative estimate of drug-likeness (QED) is 0.876. The molecule has 19 heavy (non-hydrogen) atoms. The summed E-state index contributed by atoms with van der Waals surface area (Å²) < 4.78 is 41.0. The molecule has 0 radical (unpaired) electrons. The number of hydrogen-bond acceptors (Lipinski definition) is 1. The Hall–Kier alpha value is -1.33. The molecule has 0 heterocycles. The van der Waals surface area contributed by atoms with Crippen LogP contribution >= 0.6 is 15.9 Å². The molecule has 1 unspecified atom stereocenters. The Balaban J connectivity index is 2.46. The maximum atomic E-state index is 13.8. The van der Waals surface area contributed by atoms with E-state index in [4.69, 9.17) is 5.73 Å². The van der Waals surface area contributed by atoms with Gasteiger partial charge in [0.2, 0.25) is 0 Å². The maximum Gasteiger partial charge on any atom is 0.137 e. The third kappa shape index (κ3) is 2.82. The Bertz CT molecular complexity index is 628. The van der Waals surface area contributed by atoms with Crippen LogP contribution in [0.25, 0.3) is 0 Å². The maximum absolute atomic E-state index is 13.8. The summed E-state index contributed by atoms with van der Waals surface area (Å²) in [6.07, 6.45) is 0. The Kier molecular flexibility index (Phi) is 3.96. The first-order valence-corrected chi connectivity index (χ1v) is 6.35. The van der Waals surface area contributed by atoms with Crippen LogP contribution in [0.2, 0.25) is 0 Å². The predicted octanol–water partition coefficient (Wildman–Crippen LogP) is 4.22. The SMILES string of the molecule is Cc1cc(F)c(C(N)c2ccc(Br)c(F)c2)cc1F. The van der Waals surface area contributed by atoms with E-state index in [1.807, 2.05) is 0 Å². The highest BCUT2D eigenvalue weighted by atomic mass is 79.9. The minimum atomic E-state index is -0.919. The number of nitrogens with two attached hydrogens (primary N) is 1. The normalized spacial score (nSPS) is 12.5.